The molecule has 128 valence electrons. The fourth-order valence-corrected chi connectivity index (χ4v) is 2.60. The van der Waals surface area contributed by atoms with Crippen molar-refractivity contribution in [3.8, 4) is 11.3 Å². The lowest BCUT2D eigenvalue weighted by molar-refractivity contribution is -0.116. The molecule has 25 heavy (non-hydrogen) atoms. The van der Waals surface area contributed by atoms with Crippen LogP contribution in [-0.4, -0.2) is 15.7 Å². The molecule has 5 heteroatoms. The molecule has 2 N–H and O–H groups in total. The lowest BCUT2D eigenvalue weighted by Gasteiger charge is -2.08. The van der Waals surface area contributed by atoms with E-state index in [4.69, 9.17) is 0 Å². The third kappa shape index (κ3) is 3.88. The number of carbonyl (C=O) groups excluding carboxylic acids is 1. The predicted octanol–water partition coefficient (Wildman–Crippen LogP) is 3.41. The fraction of sp³-hybridized carbons (Fsp3) is 0.200. The molecular weight excluding hydrogens is 314 g/mol. The first-order chi connectivity index (χ1) is 11.9. The number of benzene rings is 2. The van der Waals surface area contributed by atoms with Crippen LogP contribution in [0, 0.1) is 20.8 Å². The van der Waals surface area contributed by atoms with Crippen LogP contribution < -0.4 is 10.9 Å². The van der Waals surface area contributed by atoms with Crippen molar-refractivity contribution in [3.63, 3.8) is 0 Å². The summed E-state index contributed by atoms with van der Waals surface area (Å²) in [5, 5.41) is 5.82. The van der Waals surface area contributed by atoms with Crippen LogP contribution in [-0.2, 0) is 11.3 Å². The first-order valence-corrected chi connectivity index (χ1v) is 8.16. The van der Waals surface area contributed by atoms with E-state index >= 15 is 0 Å². The highest BCUT2D eigenvalue weighted by Crippen LogP contribution is 2.16. The summed E-state index contributed by atoms with van der Waals surface area (Å²) in [5.74, 6) is -0.248. The van der Waals surface area contributed by atoms with Gasteiger partial charge in [-0.2, -0.15) is 0 Å². The van der Waals surface area contributed by atoms with Crippen molar-refractivity contribution < 1.29 is 4.79 Å². The van der Waals surface area contributed by atoms with Gasteiger partial charge in [0.25, 0.3) is 5.56 Å². The smallest absolute Gasteiger partial charge is 0.267 e. The Morgan fingerprint density at radius 3 is 2.40 bits per heavy atom. The highest BCUT2D eigenvalue weighted by atomic mass is 16.2. The summed E-state index contributed by atoms with van der Waals surface area (Å²) in [6.07, 6.45) is 0. The van der Waals surface area contributed by atoms with Gasteiger partial charge < -0.3 is 5.32 Å². The van der Waals surface area contributed by atoms with Crippen molar-refractivity contribution in [2.75, 3.05) is 5.32 Å². The second-order valence-electron chi connectivity index (χ2n) is 6.31. The lowest BCUT2D eigenvalue weighted by Crippen LogP contribution is -2.25. The maximum Gasteiger partial charge on any atom is 0.267 e. The molecule has 0 bridgehead atoms. The number of hydrogen-bond donors (Lipinski definition) is 2. The second kappa shape index (κ2) is 6.81. The molecule has 1 heterocycles. The average Bonchev–Trinajstić information content (AvgIpc) is 2.92. The van der Waals surface area contributed by atoms with Crippen LogP contribution in [0.3, 0.4) is 0 Å². The normalized spacial score (nSPS) is 10.7. The van der Waals surface area contributed by atoms with E-state index < -0.39 is 0 Å². The van der Waals surface area contributed by atoms with Crippen LogP contribution in [0.25, 0.3) is 11.3 Å². The van der Waals surface area contributed by atoms with Gasteiger partial charge in [0.05, 0.1) is 5.69 Å². The van der Waals surface area contributed by atoms with Crippen molar-refractivity contribution in [1.29, 1.82) is 0 Å². The minimum atomic E-state index is -0.248. The molecule has 0 atom stereocenters. The number of aromatic amines is 1. The zero-order valence-electron chi connectivity index (χ0n) is 14.6. The van der Waals surface area contributed by atoms with Gasteiger partial charge in [0, 0.05) is 11.8 Å². The molecule has 0 unspecified atom stereocenters. The number of carbonyl (C=O) groups is 1. The van der Waals surface area contributed by atoms with E-state index in [-0.39, 0.29) is 18.0 Å². The Balaban J connectivity index is 1.74. The minimum Gasteiger partial charge on any atom is -0.324 e. The zero-order chi connectivity index (χ0) is 18.0. The molecule has 1 amide bonds. The van der Waals surface area contributed by atoms with Gasteiger partial charge in [-0.05, 0) is 49.6 Å². The molecule has 5 nitrogen and oxygen atoms in total. The number of nitrogens with one attached hydrogen (secondary N) is 2. The van der Waals surface area contributed by atoms with Gasteiger partial charge in [-0.3, -0.25) is 14.7 Å². The maximum absolute atomic E-state index is 12.2. The number of aromatic nitrogens is 2. The molecule has 2 aromatic carbocycles. The molecule has 3 rings (SSSR count). The Kier molecular flexibility index (Phi) is 4.57. The van der Waals surface area contributed by atoms with Crippen LogP contribution in [0.2, 0.25) is 0 Å². The Morgan fingerprint density at radius 1 is 1.00 bits per heavy atom. The van der Waals surface area contributed by atoms with E-state index in [2.05, 4.69) is 10.4 Å². The van der Waals surface area contributed by atoms with Crippen molar-refractivity contribution in [2.24, 2.45) is 0 Å². The first-order valence-electron chi connectivity index (χ1n) is 8.16. The Morgan fingerprint density at radius 2 is 1.72 bits per heavy atom. The van der Waals surface area contributed by atoms with Crippen molar-refractivity contribution in [3.05, 3.63) is 75.6 Å². The Bertz CT molecular complexity index is 965. The molecule has 0 fully saturated rings. The second-order valence-corrected chi connectivity index (χ2v) is 6.31. The number of aryl methyl sites for hydroxylation is 3. The minimum absolute atomic E-state index is 0.0579. The molecule has 0 aliphatic heterocycles. The maximum atomic E-state index is 12.2. The summed E-state index contributed by atoms with van der Waals surface area (Å²) < 4.78 is 1.31. The number of hydrogen-bond acceptors (Lipinski definition) is 2. The van der Waals surface area contributed by atoms with Gasteiger partial charge in [-0.15, -0.1) is 0 Å². The summed E-state index contributed by atoms with van der Waals surface area (Å²) in [6.45, 7) is 5.97. The average molecular weight is 335 g/mol. The third-order valence-corrected chi connectivity index (χ3v) is 4.24. The topological polar surface area (TPSA) is 66.9 Å². The number of H-pyrrole nitrogens is 1. The fourth-order valence-electron chi connectivity index (χ4n) is 2.60. The first kappa shape index (κ1) is 16.8. The molecule has 0 spiro atoms. The van der Waals surface area contributed by atoms with Crippen LogP contribution in [0.5, 0.6) is 0 Å². The van der Waals surface area contributed by atoms with Gasteiger partial charge in [-0.25, -0.2) is 4.68 Å². The number of anilines is 1. The van der Waals surface area contributed by atoms with E-state index in [0.29, 0.717) is 5.69 Å². The molecule has 1 aromatic heterocycles. The summed E-state index contributed by atoms with van der Waals surface area (Å²) in [5.41, 5.74) is 5.54. The van der Waals surface area contributed by atoms with Crippen LogP contribution in [0.1, 0.15) is 16.7 Å². The predicted molar refractivity (Wildman–Crippen MR) is 99.8 cm³/mol. The van der Waals surface area contributed by atoms with Gasteiger partial charge in [0.2, 0.25) is 5.91 Å². The SMILES string of the molecule is Cc1ccc(-c2cc(=O)n(CC(=O)Nc3ccc(C)c(C)c3)[nH]2)cc1. The van der Waals surface area contributed by atoms with E-state index in [1.165, 1.54) is 16.3 Å². The van der Waals surface area contributed by atoms with E-state index in [9.17, 15) is 9.59 Å². The third-order valence-electron chi connectivity index (χ3n) is 4.24. The summed E-state index contributed by atoms with van der Waals surface area (Å²) >= 11 is 0. The van der Waals surface area contributed by atoms with Crippen LogP contribution in [0.15, 0.2) is 53.3 Å². The standard InChI is InChI=1S/C20H21N3O2/c1-13-4-7-16(8-5-13)18-11-20(25)23(22-18)12-19(24)21-17-9-6-14(2)15(3)10-17/h4-11,22H,12H2,1-3H3,(H,21,24). The van der Waals surface area contributed by atoms with Gasteiger partial charge in [-0.1, -0.05) is 35.9 Å². The Hall–Kier alpha value is -3.08. The molecule has 0 radical (unpaired) electrons. The van der Waals surface area contributed by atoms with Crippen molar-refractivity contribution in [1.82, 2.24) is 9.78 Å². The molecule has 0 aliphatic carbocycles. The van der Waals surface area contributed by atoms with Gasteiger partial charge in [0.1, 0.15) is 6.54 Å². The largest absolute Gasteiger partial charge is 0.324 e. The number of rotatable bonds is 4. The highest BCUT2D eigenvalue weighted by molar-refractivity contribution is 5.90. The zero-order valence-corrected chi connectivity index (χ0v) is 14.6. The van der Waals surface area contributed by atoms with E-state index in [1.54, 1.807) is 0 Å². The van der Waals surface area contributed by atoms with Gasteiger partial charge in [0.15, 0.2) is 0 Å². The summed E-state index contributed by atoms with van der Waals surface area (Å²) in [4.78, 5) is 24.3. The van der Waals surface area contributed by atoms with Crippen molar-refractivity contribution in [2.45, 2.75) is 27.3 Å². The van der Waals surface area contributed by atoms with E-state index in [0.717, 1.165) is 22.4 Å². The summed E-state index contributed by atoms with van der Waals surface area (Å²) in [6, 6.07) is 15.1. The Labute approximate surface area is 146 Å². The molecule has 0 aliphatic rings. The van der Waals surface area contributed by atoms with E-state index in [1.807, 2.05) is 63.2 Å². The molecule has 0 saturated carbocycles. The number of amides is 1. The molecular formula is C20H21N3O2. The quantitative estimate of drug-likeness (QED) is 0.767. The lowest BCUT2D eigenvalue weighted by atomic mass is 10.1. The van der Waals surface area contributed by atoms with Gasteiger partial charge >= 0.3 is 0 Å². The summed E-state index contributed by atoms with van der Waals surface area (Å²) in [7, 11) is 0. The highest BCUT2D eigenvalue weighted by Gasteiger charge is 2.10. The molecule has 3 aromatic rings. The number of nitrogens with zero attached hydrogens (tertiary/aromatic N) is 1. The molecule has 0 saturated heterocycles. The van der Waals surface area contributed by atoms with Crippen LogP contribution in [0.4, 0.5) is 5.69 Å². The van der Waals surface area contributed by atoms with Crippen molar-refractivity contribution >= 4 is 11.6 Å². The van der Waals surface area contributed by atoms with Crippen LogP contribution >= 0.6 is 0 Å². The monoisotopic (exact) mass is 335 g/mol.